The predicted octanol–water partition coefficient (Wildman–Crippen LogP) is 0.139. The summed E-state index contributed by atoms with van der Waals surface area (Å²) in [5.41, 5.74) is 16.7. The highest BCUT2D eigenvalue weighted by Gasteiger charge is 2.03. The van der Waals surface area contributed by atoms with Gasteiger partial charge >= 0.3 is 0 Å². The van der Waals surface area contributed by atoms with Gasteiger partial charge in [0.25, 0.3) is 0 Å². The number of hydrogen-bond donors (Lipinski definition) is 4. The van der Waals surface area contributed by atoms with Crippen molar-refractivity contribution >= 4 is 17.1 Å². The van der Waals surface area contributed by atoms with Crippen LogP contribution in [0.1, 0.15) is 0 Å². The van der Waals surface area contributed by atoms with Crippen molar-refractivity contribution < 1.29 is 5.11 Å². The summed E-state index contributed by atoms with van der Waals surface area (Å²) in [4.78, 5) is 0. The van der Waals surface area contributed by atoms with Crippen molar-refractivity contribution in [2.24, 2.45) is 0 Å². The number of benzene rings is 1. The van der Waals surface area contributed by atoms with E-state index in [1.807, 2.05) is 0 Å². The van der Waals surface area contributed by atoms with Crippen molar-refractivity contribution in [2.45, 2.75) is 0 Å². The molecule has 0 aromatic heterocycles. The molecule has 0 heterocycles. The molecule has 1 rings (SSSR count). The Morgan fingerprint density at radius 2 is 1.50 bits per heavy atom. The quantitative estimate of drug-likeness (QED) is 0.303. The molecule has 4 nitrogen and oxygen atoms in total. The number of aromatic hydroxyl groups is 1. The van der Waals surface area contributed by atoms with E-state index in [0.717, 1.165) is 0 Å². The van der Waals surface area contributed by atoms with Crippen molar-refractivity contribution in [3.8, 4) is 5.75 Å². The van der Waals surface area contributed by atoms with Crippen LogP contribution in [0.25, 0.3) is 0 Å². The summed E-state index contributed by atoms with van der Waals surface area (Å²) in [6.07, 6.45) is 0. The summed E-state index contributed by atoms with van der Waals surface area (Å²) in [7, 11) is 0. The number of anilines is 3. The smallest absolute Gasteiger partial charge is 0.163 e. The van der Waals surface area contributed by atoms with Gasteiger partial charge in [-0.2, -0.15) is 0 Å². The van der Waals surface area contributed by atoms with Gasteiger partial charge in [0.2, 0.25) is 0 Å². The van der Waals surface area contributed by atoms with Gasteiger partial charge in [-0.15, -0.1) is 0 Å². The molecule has 0 unspecified atom stereocenters. The van der Waals surface area contributed by atoms with Crippen LogP contribution >= 0.6 is 0 Å². The van der Waals surface area contributed by atoms with Gasteiger partial charge in [0.15, 0.2) is 5.75 Å². The van der Waals surface area contributed by atoms with Gasteiger partial charge in [-0.05, 0) is 12.1 Å². The molecule has 0 radical (unpaired) electrons. The van der Waals surface area contributed by atoms with Crippen LogP contribution in [0.5, 0.6) is 5.75 Å². The summed E-state index contributed by atoms with van der Waals surface area (Å²) in [6.45, 7) is 0. The predicted molar refractivity (Wildman–Crippen MR) is 41.3 cm³/mol. The number of nitrogen functional groups attached to an aromatic ring is 3. The highest BCUT2D eigenvalue weighted by atomic mass is 16.3. The average Bonchev–Trinajstić information content (AvgIpc) is 1.93. The van der Waals surface area contributed by atoms with E-state index in [9.17, 15) is 0 Å². The van der Waals surface area contributed by atoms with Gasteiger partial charge in [-0.3, -0.25) is 0 Å². The molecule has 0 aliphatic rings. The summed E-state index contributed by atoms with van der Waals surface area (Å²) in [6, 6.07) is 3.05. The van der Waals surface area contributed by atoms with Crippen molar-refractivity contribution in [3.05, 3.63) is 12.1 Å². The number of phenolic OH excluding ortho intramolecular Hbond substituents is 1. The van der Waals surface area contributed by atoms with Gasteiger partial charge < -0.3 is 22.3 Å². The van der Waals surface area contributed by atoms with Crippen LogP contribution in [0.3, 0.4) is 0 Å². The molecule has 0 amide bonds. The monoisotopic (exact) mass is 139 g/mol. The second-order valence-corrected chi connectivity index (χ2v) is 2.01. The summed E-state index contributed by atoms with van der Waals surface area (Å²) in [5, 5.41) is 9.06. The van der Waals surface area contributed by atoms with Gasteiger partial charge in [-0.25, -0.2) is 0 Å². The highest BCUT2D eigenvalue weighted by molar-refractivity contribution is 5.77. The SMILES string of the molecule is Nc1ccc(N)c(O)c1N. The summed E-state index contributed by atoms with van der Waals surface area (Å²) < 4.78 is 0. The van der Waals surface area contributed by atoms with E-state index in [0.29, 0.717) is 5.69 Å². The number of hydrogen-bond acceptors (Lipinski definition) is 4. The highest BCUT2D eigenvalue weighted by Crippen LogP contribution is 2.31. The summed E-state index contributed by atoms with van der Waals surface area (Å²) >= 11 is 0. The van der Waals surface area contributed by atoms with E-state index in [4.69, 9.17) is 22.3 Å². The standard InChI is InChI=1S/C6H9N3O/c7-3-1-2-4(8)6(10)5(3)9/h1-2,10H,7-9H2. The molecule has 0 saturated carbocycles. The molecule has 0 aliphatic carbocycles. The zero-order valence-electron chi connectivity index (χ0n) is 5.33. The topological polar surface area (TPSA) is 98.3 Å². The zero-order chi connectivity index (χ0) is 7.72. The third kappa shape index (κ3) is 0.793. The van der Waals surface area contributed by atoms with Crippen molar-refractivity contribution in [2.75, 3.05) is 17.2 Å². The lowest BCUT2D eigenvalue weighted by Gasteiger charge is -2.03. The Morgan fingerprint density at radius 1 is 1.00 bits per heavy atom. The van der Waals surface area contributed by atoms with Crippen LogP contribution in [0.4, 0.5) is 17.1 Å². The molecule has 10 heavy (non-hydrogen) atoms. The Balaban J connectivity index is 3.34. The molecule has 0 spiro atoms. The van der Waals surface area contributed by atoms with Gasteiger partial charge in [-0.1, -0.05) is 0 Å². The van der Waals surface area contributed by atoms with Gasteiger partial charge in [0, 0.05) is 0 Å². The maximum atomic E-state index is 9.06. The third-order valence-electron chi connectivity index (χ3n) is 1.28. The Labute approximate surface area is 58.2 Å². The fourth-order valence-electron chi connectivity index (χ4n) is 0.640. The minimum atomic E-state index is -0.139. The lowest BCUT2D eigenvalue weighted by atomic mass is 10.2. The molecule has 1 aromatic rings. The summed E-state index contributed by atoms with van der Waals surface area (Å²) in [5.74, 6) is -0.139. The fraction of sp³-hybridized carbons (Fsp3) is 0. The van der Waals surface area contributed by atoms with E-state index in [1.165, 1.54) is 6.07 Å². The third-order valence-corrected chi connectivity index (χ3v) is 1.28. The minimum Gasteiger partial charge on any atom is -0.504 e. The molecule has 0 bridgehead atoms. The van der Waals surface area contributed by atoms with Crippen LogP contribution in [0, 0.1) is 0 Å². The van der Waals surface area contributed by atoms with Crippen LogP contribution in [0.15, 0.2) is 12.1 Å². The Bertz CT molecular complexity index is 232. The first-order valence-corrected chi connectivity index (χ1v) is 2.75. The number of nitrogens with two attached hydrogens (primary N) is 3. The molecule has 0 fully saturated rings. The number of rotatable bonds is 0. The van der Waals surface area contributed by atoms with E-state index in [1.54, 1.807) is 6.07 Å². The van der Waals surface area contributed by atoms with Crippen molar-refractivity contribution in [1.82, 2.24) is 0 Å². The van der Waals surface area contributed by atoms with E-state index in [-0.39, 0.29) is 17.1 Å². The lowest BCUT2D eigenvalue weighted by molar-refractivity contribution is 0.481. The van der Waals surface area contributed by atoms with Crippen LogP contribution in [-0.2, 0) is 0 Å². The Kier molecular flexibility index (Phi) is 1.30. The van der Waals surface area contributed by atoms with Gasteiger partial charge in [0.1, 0.15) is 0 Å². The van der Waals surface area contributed by atoms with Crippen LogP contribution in [-0.4, -0.2) is 5.11 Å². The maximum absolute atomic E-state index is 9.06. The first-order valence-electron chi connectivity index (χ1n) is 2.75. The normalized spacial score (nSPS) is 9.60. The molecular weight excluding hydrogens is 130 g/mol. The Morgan fingerprint density at radius 3 is 2.00 bits per heavy atom. The van der Waals surface area contributed by atoms with E-state index in [2.05, 4.69) is 0 Å². The van der Waals surface area contributed by atoms with E-state index < -0.39 is 0 Å². The molecule has 1 aromatic carbocycles. The van der Waals surface area contributed by atoms with Crippen molar-refractivity contribution in [3.63, 3.8) is 0 Å². The second kappa shape index (κ2) is 1.98. The van der Waals surface area contributed by atoms with Gasteiger partial charge in [0.05, 0.1) is 17.1 Å². The van der Waals surface area contributed by atoms with E-state index >= 15 is 0 Å². The fourth-order valence-corrected chi connectivity index (χ4v) is 0.640. The van der Waals surface area contributed by atoms with Crippen LogP contribution < -0.4 is 17.2 Å². The first kappa shape index (κ1) is 6.54. The molecule has 0 atom stereocenters. The second-order valence-electron chi connectivity index (χ2n) is 2.01. The largest absolute Gasteiger partial charge is 0.504 e. The first-order chi connectivity index (χ1) is 4.63. The van der Waals surface area contributed by atoms with Crippen LogP contribution in [0.2, 0.25) is 0 Å². The Hall–Kier alpha value is -1.58. The molecule has 54 valence electrons. The lowest BCUT2D eigenvalue weighted by Crippen LogP contribution is -1.97. The molecule has 0 saturated heterocycles. The zero-order valence-corrected chi connectivity index (χ0v) is 5.33. The maximum Gasteiger partial charge on any atom is 0.163 e. The minimum absolute atomic E-state index is 0.139. The molecule has 4 heteroatoms. The molecule has 7 N–H and O–H groups in total. The molecular formula is C6H9N3O. The average molecular weight is 139 g/mol. The molecule has 0 aliphatic heterocycles. The van der Waals surface area contributed by atoms with Crippen molar-refractivity contribution in [1.29, 1.82) is 0 Å². The number of phenols is 1.